The maximum Gasteiger partial charge on any atom is 0.270 e. The molecule has 1 heterocycles. The van der Waals surface area contributed by atoms with Crippen molar-refractivity contribution in [2.45, 2.75) is 25.8 Å². The highest BCUT2D eigenvalue weighted by atomic mass is 16.6. The van der Waals surface area contributed by atoms with Crippen molar-refractivity contribution in [1.82, 2.24) is 0 Å². The molecule has 1 fully saturated rings. The number of hydrogen-bond acceptors (Lipinski definition) is 4. The first-order valence-electron chi connectivity index (χ1n) is 9.15. The van der Waals surface area contributed by atoms with Gasteiger partial charge < -0.3 is 10.0 Å². The highest BCUT2D eigenvalue weighted by Gasteiger charge is 2.17. The van der Waals surface area contributed by atoms with Gasteiger partial charge in [0.15, 0.2) is 5.78 Å². The van der Waals surface area contributed by atoms with Crippen molar-refractivity contribution in [3.05, 3.63) is 75.3 Å². The molecule has 6 nitrogen and oxygen atoms in total. The first-order valence-corrected chi connectivity index (χ1v) is 9.15. The van der Waals surface area contributed by atoms with Gasteiger partial charge in [-0.25, -0.2) is 0 Å². The van der Waals surface area contributed by atoms with Crippen molar-refractivity contribution >= 4 is 17.5 Å². The summed E-state index contributed by atoms with van der Waals surface area (Å²) in [4.78, 5) is 24.3. The van der Waals surface area contributed by atoms with E-state index < -0.39 is 4.92 Å². The molecule has 140 valence electrons. The molecule has 1 aliphatic rings. The fraction of sp³-hybridized carbons (Fsp3) is 0.286. The zero-order valence-corrected chi connectivity index (χ0v) is 15.1. The highest BCUT2D eigenvalue weighted by Crippen LogP contribution is 2.19. The number of likely N-dealkylation sites (tertiary alicyclic amines) is 1. The third-order valence-electron chi connectivity index (χ3n) is 4.87. The number of allylic oxidation sites excluding steroid dienone is 1. The second-order valence-electron chi connectivity index (χ2n) is 6.88. The summed E-state index contributed by atoms with van der Waals surface area (Å²) >= 11 is 0. The number of nitro benzene ring substituents is 1. The normalized spacial score (nSPS) is 15.1. The molecule has 2 N–H and O–H groups in total. The van der Waals surface area contributed by atoms with Crippen molar-refractivity contribution in [3.8, 4) is 5.75 Å². The van der Waals surface area contributed by atoms with E-state index in [9.17, 15) is 20.0 Å². The number of aromatic hydroxyl groups is 1. The lowest BCUT2D eigenvalue weighted by molar-refractivity contribution is -0.918. The number of carbonyl (C=O) groups excluding carboxylic acids is 1. The van der Waals surface area contributed by atoms with Gasteiger partial charge in [0.25, 0.3) is 5.69 Å². The Morgan fingerprint density at radius 2 is 1.93 bits per heavy atom. The summed E-state index contributed by atoms with van der Waals surface area (Å²) in [5.74, 6) is 0.0173. The van der Waals surface area contributed by atoms with E-state index >= 15 is 0 Å². The largest absolute Gasteiger partial charge is 0.507 e. The molecule has 1 aliphatic heterocycles. The van der Waals surface area contributed by atoms with Crippen molar-refractivity contribution < 1.29 is 19.7 Å². The van der Waals surface area contributed by atoms with Crippen molar-refractivity contribution in [1.29, 1.82) is 0 Å². The number of quaternary nitrogens is 1. The van der Waals surface area contributed by atoms with Crippen LogP contribution < -0.4 is 4.90 Å². The Bertz CT molecular complexity index is 870. The number of rotatable bonds is 6. The number of carbonyl (C=O) groups is 1. The summed E-state index contributed by atoms with van der Waals surface area (Å²) in [7, 11) is 0. The third kappa shape index (κ3) is 5.01. The Hall–Kier alpha value is -2.99. The SMILES string of the molecule is O=C(/C=C/c1cccc([N+](=O)[O-])c1)c1ccc(O)c(C[NH+]2CCCCC2)c1. The van der Waals surface area contributed by atoms with Crippen LogP contribution >= 0.6 is 0 Å². The van der Waals surface area contributed by atoms with Crippen LogP contribution in [-0.4, -0.2) is 28.9 Å². The molecule has 2 aromatic rings. The van der Waals surface area contributed by atoms with Gasteiger partial charge in [-0.3, -0.25) is 14.9 Å². The molecule has 3 rings (SSSR count). The predicted octanol–water partition coefficient (Wildman–Crippen LogP) is 2.77. The minimum Gasteiger partial charge on any atom is -0.507 e. The maximum absolute atomic E-state index is 12.5. The minimum absolute atomic E-state index is 0.0129. The van der Waals surface area contributed by atoms with E-state index in [2.05, 4.69) is 0 Å². The molecule has 0 bridgehead atoms. The average Bonchev–Trinajstić information content (AvgIpc) is 2.69. The van der Waals surface area contributed by atoms with Crippen LogP contribution in [0.4, 0.5) is 5.69 Å². The summed E-state index contributed by atoms with van der Waals surface area (Å²) in [6.07, 6.45) is 6.62. The first-order chi connectivity index (χ1) is 13.0. The second-order valence-corrected chi connectivity index (χ2v) is 6.88. The monoisotopic (exact) mass is 367 g/mol. The van der Waals surface area contributed by atoms with Gasteiger partial charge in [0.1, 0.15) is 12.3 Å². The molecule has 0 amide bonds. The number of phenolic OH excluding ortho intramolecular Hbond substituents is 1. The molecule has 1 saturated heterocycles. The standard InChI is InChI=1S/C21H22N2O4/c24-20(9-7-16-5-4-6-19(13-16)23(26)27)17-8-10-21(25)18(14-17)15-22-11-2-1-3-12-22/h4-10,13-14,25H,1-3,11-12,15H2/p+1/b9-7+. The van der Waals surface area contributed by atoms with Gasteiger partial charge in [0, 0.05) is 23.3 Å². The fourth-order valence-corrected chi connectivity index (χ4v) is 3.39. The third-order valence-corrected chi connectivity index (χ3v) is 4.87. The number of nitrogens with zero attached hydrogens (tertiary/aromatic N) is 1. The molecule has 0 aromatic heterocycles. The van der Waals surface area contributed by atoms with Gasteiger partial charge >= 0.3 is 0 Å². The summed E-state index contributed by atoms with van der Waals surface area (Å²) in [6.45, 7) is 2.89. The van der Waals surface area contributed by atoms with Crippen LogP contribution in [0, 0.1) is 10.1 Å². The van der Waals surface area contributed by atoms with E-state index in [1.165, 1.54) is 42.4 Å². The molecule has 6 heteroatoms. The Morgan fingerprint density at radius 3 is 2.67 bits per heavy atom. The quantitative estimate of drug-likeness (QED) is 0.356. The van der Waals surface area contributed by atoms with E-state index in [-0.39, 0.29) is 17.2 Å². The van der Waals surface area contributed by atoms with Crippen LogP contribution in [0.5, 0.6) is 5.75 Å². The highest BCUT2D eigenvalue weighted by molar-refractivity contribution is 6.07. The van der Waals surface area contributed by atoms with Crippen LogP contribution in [0.2, 0.25) is 0 Å². The van der Waals surface area contributed by atoms with Crippen molar-refractivity contribution in [3.63, 3.8) is 0 Å². The minimum atomic E-state index is -0.464. The van der Waals surface area contributed by atoms with Crippen molar-refractivity contribution in [2.24, 2.45) is 0 Å². The van der Waals surface area contributed by atoms with E-state index in [0.717, 1.165) is 18.7 Å². The Kier molecular flexibility index (Phi) is 5.98. The summed E-state index contributed by atoms with van der Waals surface area (Å²) in [5, 5.41) is 21.0. The topological polar surface area (TPSA) is 84.9 Å². The maximum atomic E-state index is 12.5. The number of ketones is 1. The molecule has 2 aromatic carbocycles. The van der Waals surface area contributed by atoms with Crippen LogP contribution in [0.15, 0.2) is 48.5 Å². The molecule has 0 aliphatic carbocycles. The Balaban J connectivity index is 1.73. The van der Waals surface area contributed by atoms with E-state index in [1.54, 1.807) is 36.4 Å². The smallest absolute Gasteiger partial charge is 0.270 e. The number of piperidine rings is 1. The lowest BCUT2D eigenvalue weighted by Crippen LogP contribution is -3.11. The first kappa shape index (κ1) is 18.8. The van der Waals surface area contributed by atoms with Gasteiger partial charge in [0.05, 0.1) is 18.0 Å². The Morgan fingerprint density at radius 1 is 1.15 bits per heavy atom. The lowest BCUT2D eigenvalue weighted by Gasteiger charge is -2.23. The van der Waals surface area contributed by atoms with Gasteiger partial charge in [-0.1, -0.05) is 18.2 Å². The molecule has 0 radical (unpaired) electrons. The van der Waals surface area contributed by atoms with Crippen LogP contribution in [0.3, 0.4) is 0 Å². The van der Waals surface area contributed by atoms with Crippen LogP contribution in [0.25, 0.3) is 6.08 Å². The zero-order valence-electron chi connectivity index (χ0n) is 15.1. The second kappa shape index (κ2) is 8.60. The lowest BCUT2D eigenvalue weighted by atomic mass is 10.0. The predicted molar refractivity (Wildman–Crippen MR) is 103 cm³/mol. The number of phenols is 1. The number of benzene rings is 2. The molecule has 0 atom stereocenters. The molecular weight excluding hydrogens is 344 g/mol. The number of nitrogens with one attached hydrogen (secondary N) is 1. The number of hydrogen-bond donors (Lipinski definition) is 2. The fourth-order valence-electron chi connectivity index (χ4n) is 3.39. The number of nitro groups is 1. The zero-order chi connectivity index (χ0) is 19.2. The van der Waals surface area contributed by atoms with E-state index in [4.69, 9.17) is 0 Å². The van der Waals surface area contributed by atoms with E-state index in [0.29, 0.717) is 17.7 Å². The summed E-state index contributed by atoms with van der Waals surface area (Å²) in [6, 6.07) is 11.0. The van der Waals surface area contributed by atoms with Gasteiger partial charge in [0.2, 0.25) is 0 Å². The van der Waals surface area contributed by atoms with Crippen LogP contribution in [0.1, 0.15) is 40.7 Å². The van der Waals surface area contributed by atoms with Gasteiger partial charge in [-0.2, -0.15) is 0 Å². The van der Waals surface area contributed by atoms with Crippen LogP contribution in [-0.2, 0) is 6.54 Å². The summed E-state index contributed by atoms with van der Waals surface area (Å²) in [5.41, 5.74) is 1.86. The number of non-ortho nitro benzene ring substituents is 1. The summed E-state index contributed by atoms with van der Waals surface area (Å²) < 4.78 is 0. The van der Waals surface area contributed by atoms with Gasteiger partial charge in [-0.05, 0) is 49.1 Å². The molecule has 27 heavy (non-hydrogen) atoms. The molecular formula is C21H23N2O4+. The van der Waals surface area contributed by atoms with Gasteiger partial charge in [-0.15, -0.1) is 0 Å². The van der Waals surface area contributed by atoms with Crippen molar-refractivity contribution in [2.75, 3.05) is 13.1 Å². The average molecular weight is 367 g/mol. The molecule has 0 unspecified atom stereocenters. The van der Waals surface area contributed by atoms with E-state index in [1.807, 2.05) is 0 Å². The Labute approximate surface area is 157 Å². The molecule has 0 saturated carbocycles. The molecule has 0 spiro atoms.